The Labute approximate surface area is 99.3 Å². The van der Waals surface area contributed by atoms with Crippen LogP contribution in [-0.2, 0) is 6.54 Å². The van der Waals surface area contributed by atoms with Crippen molar-refractivity contribution in [2.24, 2.45) is 0 Å². The lowest BCUT2D eigenvalue weighted by atomic mass is 10.3. The molecule has 16 heavy (non-hydrogen) atoms. The van der Waals surface area contributed by atoms with E-state index in [9.17, 15) is 0 Å². The molecule has 1 N–H and O–H groups in total. The van der Waals surface area contributed by atoms with E-state index in [4.69, 9.17) is 0 Å². The van der Waals surface area contributed by atoms with Crippen LogP contribution in [0.15, 0.2) is 24.1 Å². The van der Waals surface area contributed by atoms with Crippen molar-refractivity contribution in [2.45, 2.75) is 32.9 Å². The van der Waals surface area contributed by atoms with Crippen LogP contribution in [0, 0.1) is 0 Å². The molecule has 2 aromatic heterocycles. The van der Waals surface area contributed by atoms with Crippen LogP contribution in [0.1, 0.15) is 31.2 Å². The topological polar surface area (TPSA) is 42.7 Å². The van der Waals surface area contributed by atoms with E-state index in [1.807, 2.05) is 28.8 Å². The number of aryl methyl sites for hydroxylation is 1. The number of hydrogen-bond acceptors (Lipinski definition) is 4. The smallest absolute Gasteiger partial charge is 0.0795 e. The van der Waals surface area contributed by atoms with Gasteiger partial charge in [0, 0.05) is 23.8 Å². The van der Waals surface area contributed by atoms with E-state index in [1.165, 1.54) is 4.88 Å². The lowest BCUT2D eigenvalue weighted by Crippen LogP contribution is -2.04. The number of anilines is 1. The molecule has 2 aromatic rings. The summed E-state index contributed by atoms with van der Waals surface area (Å²) in [5.41, 5.74) is 2.92. The maximum atomic E-state index is 4.28. The van der Waals surface area contributed by atoms with Gasteiger partial charge in [-0.15, -0.1) is 11.3 Å². The molecule has 1 unspecified atom stereocenters. The van der Waals surface area contributed by atoms with Gasteiger partial charge < -0.3 is 5.32 Å². The zero-order valence-electron chi connectivity index (χ0n) is 9.55. The molecule has 2 rings (SSSR count). The van der Waals surface area contributed by atoms with E-state index >= 15 is 0 Å². The maximum absolute atomic E-state index is 4.28. The van der Waals surface area contributed by atoms with Crippen LogP contribution in [0.2, 0.25) is 0 Å². The van der Waals surface area contributed by atoms with Gasteiger partial charge in [0.15, 0.2) is 0 Å². The highest BCUT2D eigenvalue weighted by atomic mass is 32.1. The van der Waals surface area contributed by atoms with Crippen LogP contribution in [0.3, 0.4) is 0 Å². The van der Waals surface area contributed by atoms with E-state index in [0.29, 0.717) is 0 Å². The summed E-state index contributed by atoms with van der Waals surface area (Å²) in [5, 5.41) is 7.69. The first-order chi connectivity index (χ1) is 7.79. The van der Waals surface area contributed by atoms with E-state index in [0.717, 1.165) is 18.7 Å². The molecule has 0 saturated carbocycles. The molecule has 0 spiro atoms. The number of aromatic nitrogens is 3. The lowest BCUT2D eigenvalue weighted by molar-refractivity contribution is 0.603. The average molecular weight is 236 g/mol. The minimum Gasteiger partial charge on any atom is -0.375 e. The van der Waals surface area contributed by atoms with Crippen LogP contribution in [0.25, 0.3) is 0 Å². The van der Waals surface area contributed by atoms with E-state index in [-0.39, 0.29) is 6.04 Å². The number of thiazole rings is 1. The van der Waals surface area contributed by atoms with Gasteiger partial charge in [0.1, 0.15) is 0 Å². The molecule has 1 atom stereocenters. The van der Waals surface area contributed by atoms with Crippen molar-refractivity contribution >= 4 is 17.0 Å². The highest BCUT2D eigenvalue weighted by Gasteiger charge is 2.07. The van der Waals surface area contributed by atoms with Crippen molar-refractivity contribution in [3.8, 4) is 0 Å². The Balaban J connectivity index is 1.98. The second kappa shape index (κ2) is 5.12. The van der Waals surface area contributed by atoms with Gasteiger partial charge in [0.05, 0.1) is 23.4 Å². The Morgan fingerprint density at radius 2 is 2.38 bits per heavy atom. The summed E-state index contributed by atoms with van der Waals surface area (Å²) >= 11 is 1.67. The molecule has 0 bridgehead atoms. The van der Waals surface area contributed by atoms with Gasteiger partial charge in [-0.25, -0.2) is 0 Å². The minimum atomic E-state index is 0.284. The molecule has 0 aromatic carbocycles. The number of rotatable bonds is 5. The van der Waals surface area contributed by atoms with Gasteiger partial charge in [0.2, 0.25) is 0 Å². The molecule has 0 aliphatic heterocycles. The summed E-state index contributed by atoms with van der Waals surface area (Å²) in [4.78, 5) is 5.32. The van der Waals surface area contributed by atoms with Gasteiger partial charge in [-0.2, -0.15) is 5.10 Å². The molecule has 0 aliphatic carbocycles. The van der Waals surface area contributed by atoms with Crippen LogP contribution in [-0.4, -0.2) is 14.8 Å². The number of nitrogens with one attached hydrogen (secondary N) is 1. The summed E-state index contributed by atoms with van der Waals surface area (Å²) in [7, 11) is 0. The zero-order valence-corrected chi connectivity index (χ0v) is 10.4. The first kappa shape index (κ1) is 11.1. The van der Waals surface area contributed by atoms with Gasteiger partial charge >= 0.3 is 0 Å². The van der Waals surface area contributed by atoms with Crippen molar-refractivity contribution in [3.05, 3.63) is 29.0 Å². The summed E-state index contributed by atoms with van der Waals surface area (Å²) < 4.78 is 1.96. The predicted molar refractivity (Wildman–Crippen MR) is 66.7 cm³/mol. The first-order valence-electron chi connectivity index (χ1n) is 5.47. The average Bonchev–Trinajstić information content (AvgIpc) is 2.89. The molecule has 2 heterocycles. The second-order valence-electron chi connectivity index (χ2n) is 3.76. The van der Waals surface area contributed by atoms with Crippen molar-refractivity contribution in [1.29, 1.82) is 0 Å². The van der Waals surface area contributed by atoms with Gasteiger partial charge in [-0.3, -0.25) is 9.67 Å². The molecule has 0 aliphatic rings. The van der Waals surface area contributed by atoms with Gasteiger partial charge in [-0.1, -0.05) is 6.92 Å². The van der Waals surface area contributed by atoms with Crippen LogP contribution < -0.4 is 5.32 Å². The summed E-state index contributed by atoms with van der Waals surface area (Å²) in [6, 6.07) is 0.284. The molecule has 0 saturated heterocycles. The summed E-state index contributed by atoms with van der Waals surface area (Å²) in [6.45, 7) is 5.25. The highest BCUT2D eigenvalue weighted by molar-refractivity contribution is 7.09. The lowest BCUT2D eigenvalue weighted by Gasteiger charge is -2.10. The highest BCUT2D eigenvalue weighted by Crippen LogP contribution is 2.21. The summed E-state index contributed by atoms with van der Waals surface area (Å²) in [6.07, 6.45) is 6.92. The Morgan fingerprint density at radius 3 is 3.06 bits per heavy atom. The third kappa shape index (κ3) is 2.61. The van der Waals surface area contributed by atoms with Crippen molar-refractivity contribution in [2.75, 3.05) is 5.32 Å². The molecule has 86 valence electrons. The van der Waals surface area contributed by atoms with E-state index in [2.05, 4.69) is 29.2 Å². The molecule has 5 heteroatoms. The zero-order chi connectivity index (χ0) is 11.4. The number of nitrogens with zero attached hydrogens (tertiary/aromatic N) is 3. The van der Waals surface area contributed by atoms with Crippen molar-refractivity contribution < 1.29 is 0 Å². The summed E-state index contributed by atoms with van der Waals surface area (Å²) in [5.74, 6) is 0. The van der Waals surface area contributed by atoms with E-state index in [1.54, 1.807) is 11.3 Å². The van der Waals surface area contributed by atoms with E-state index < -0.39 is 0 Å². The molecule has 4 nitrogen and oxygen atoms in total. The Kier molecular flexibility index (Phi) is 3.56. The Hall–Kier alpha value is -1.36. The third-order valence-electron chi connectivity index (χ3n) is 2.35. The molecule has 0 fully saturated rings. The van der Waals surface area contributed by atoms with Gasteiger partial charge in [0.25, 0.3) is 0 Å². The number of hydrogen-bond donors (Lipinski definition) is 1. The molecule has 0 amide bonds. The van der Waals surface area contributed by atoms with Crippen molar-refractivity contribution in [1.82, 2.24) is 14.8 Å². The monoisotopic (exact) mass is 236 g/mol. The Bertz CT molecular complexity index is 421. The fourth-order valence-electron chi connectivity index (χ4n) is 1.55. The Morgan fingerprint density at radius 1 is 1.50 bits per heavy atom. The van der Waals surface area contributed by atoms with Crippen LogP contribution in [0.4, 0.5) is 5.69 Å². The predicted octanol–water partition coefficient (Wildman–Crippen LogP) is 2.92. The minimum absolute atomic E-state index is 0.284. The molecular formula is C11H16N4S. The van der Waals surface area contributed by atoms with Gasteiger partial charge in [-0.05, 0) is 13.3 Å². The second-order valence-corrected chi connectivity index (χ2v) is 4.68. The maximum Gasteiger partial charge on any atom is 0.0795 e. The first-order valence-corrected chi connectivity index (χ1v) is 6.35. The largest absolute Gasteiger partial charge is 0.375 e. The SMILES string of the molecule is CCCn1cc(NC(C)c2cncs2)cn1. The third-order valence-corrected chi connectivity index (χ3v) is 3.31. The van der Waals surface area contributed by atoms with Crippen molar-refractivity contribution in [3.63, 3.8) is 0 Å². The quantitative estimate of drug-likeness (QED) is 0.868. The molecular weight excluding hydrogens is 220 g/mol. The standard InChI is InChI=1S/C11H16N4S/c1-3-4-15-7-10(5-13-15)14-9(2)11-6-12-8-16-11/h5-9,14H,3-4H2,1-2H3. The molecule has 0 radical (unpaired) electrons. The van der Waals surface area contributed by atoms with Crippen LogP contribution >= 0.6 is 11.3 Å². The fourth-order valence-corrected chi connectivity index (χ4v) is 2.18. The normalized spacial score (nSPS) is 12.6. The van der Waals surface area contributed by atoms with Crippen LogP contribution in [0.5, 0.6) is 0 Å². The fraction of sp³-hybridized carbons (Fsp3) is 0.455.